The molecule has 1 unspecified atom stereocenters. The number of benzene rings is 1. The number of H-pyrrole nitrogens is 1. The fourth-order valence-corrected chi connectivity index (χ4v) is 3.35. The van der Waals surface area contributed by atoms with Crippen molar-refractivity contribution >= 4 is 16.7 Å². The summed E-state index contributed by atoms with van der Waals surface area (Å²) in [5, 5.41) is 7.46. The van der Waals surface area contributed by atoms with Crippen molar-refractivity contribution in [2.45, 2.75) is 18.7 Å². The lowest BCUT2D eigenvalue weighted by Crippen LogP contribution is -2.48. The van der Waals surface area contributed by atoms with Gasteiger partial charge in [-0.1, -0.05) is 18.2 Å². The normalized spacial score (nSPS) is 16.8. The molecule has 1 atom stereocenters. The van der Waals surface area contributed by atoms with Crippen LogP contribution in [0.2, 0.25) is 0 Å². The summed E-state index contributed by atoms with van der Waals surface area (Å²) in [7, 11) is 0. The molecule has 3 aromatic rings. The molecule has 0 radical (unpaired) electrons. The minimum Gasteiger partial charge on any atom is -0.475 e. The average molecular weight is 449 g/mol. The number of carbonyl (C=O) groups excluding carboxylic acids is 1. The largest absolute Gasteiger partial charge is 0.475 e. The van der Waals surface area contributed by atoms with E-state index < -0.39 is 18.1 Å². The van der Waals surface area contributed by atoms with Gasteiger partial charge in [-0.25, -0.2) is 10.1 Å². The van der Waals surface area contributed by atoms with Crippen LogP contribution in [-0.4, -0.2) is 63.4 Å². The molecule has 9 nitrogen and oxygen atoms in total. The number of carbonyl (C=O) groups is 1. The molecule has 1 aromatic carbocycles. The Bertz CT molecular complexity index is 1180. The second-order valence-corrected chi connectivity index (χ2v) is 7.08. The molecule has 12 heteroatoms. The van der Waals surface area contributed by atoms with E-state index in [-0.39, 0.29) is 43.5 Å². The molecule has 1 fully saturated rings. The van der Waals surface area contributed by atoms with E-state index in [9.17, 15) is 22.8 Å². The number of halogens is 3. The molecular formula is C20H18F3N5O4. The first-order valence-electron chi connectivity index (χ1n) is 9.70. The van der Waals surface area contributed by atoms with Gasteiger partial charge in [0.1, 0.15) is 12.7 Å². The molecule has 168 valence electrons. The van der Waals surface area contributed by atoms with Crippen molar-refractivity contribution in [1.82, 2.24) is 25.1 Å². The van der Waals surface area contributed by atoms with E-state index in [2.05, 4.69) is 20.2 Å². The Morgan fingerprint density at radius 1 is 1.25 bits per heavy atom. The number of rotatable bonds is 5. The van der Waals surface area contributed by atoms with Crippen LogP contribution in [-0.2, 0) is 22.1 Å². The van der Waals surface area contributed by atoms with E-state index in [4.69, 9.17) is 9.47 Å². The summed E-state index contributed by atoms with van der Waals surface area (Å²) in [5.74, 6) is -1.75. The Labute approximate surface area is 179 Å². The molecule has 32 heavy (non-hydrogen) atoms. The molecule has 0 aliphatic carbocycles. The van der Waals surface area contributed by atoms with Crippen LogP contribution in [0.1, 0.15) is 11.5 Å². The highest BCUT2D eigenvalue weighted by Gasteiger charge is 2.35. The van der Waals surface area contributed by atoms with Crippen LogP contribution in [0.15, 0.2) is 41.3 Å². The molecule has 1 amide bonds. The fraction of sp³-hybridized carbons (Fsp3) is 0.350. The summed E-state index contributed by atoms with van der Waals surface area (Å²) in [4.78, 5) is 32.8. The van der Waals surface area contributed by atoms with Gasteiger partial charge in [-0.2, -0.15) is 23.3 Å². The predicted molar refractivity (Wildman–Crippen MR) is 105 cm³/mol. The number of morpholine rings is 1. The van der Waals surface area contributed by atoms with E-state index >= 15 is 0 Å². The second kappa shape index (κ2) is 8.91. The van der Waals surface area contributed by atoms with E-state index in [1.807, 2.05) is 0 Å². The Hall–Kier alpha value is -3.54. The van der Waals surface area contributed by atoms with Crippen LogP contribution in [0.25, 0.3) is 10.8 Å². The maximum Gasteiger partial charge on any atom is 0.451 e. The molecular weight excluding hydrogens is 431 g/mol. The molecule has 0 spiro atoms. The lowest BCUT2D eigenvalue weighted by Gasteiger charge is -2.32. The zero-order valence-corrected chi connectivity index (χ0v) is 16.6. The highest BCUT2D eigenvalue weighted by atomic mass is 19.4. The third-order valence-corrected chi connectivity index (χ3v) is 4.89. The molecule has 1 aliphatic heterocycles. The van der Waals surface area contributed by atoms with Crippen LogP contribution < -0.4 is 10.3 Å². The number of nitrogens with one attached hydrogen (secondary N) is 1. The van der Waals surface area contributed by atoms with Crippen molar-refractivity contribution in [3.8, 4) is 5.88 Å². The lowest BCUT2D eigenvalue weighted by atomic mass is 10.1. The summed E-state index contributed by atoms with van der Waals surface area (Å²) in [6, 6.07) is 8.09. The van der Waals surface area contributed by atoms with Crippen molar-refractivity contribution in [1.29, 1.82) is 0 Å². The van der Waals surface area contributed by atoms with Gasteiger partial charge in [0.2, 0.25) is 17.6 Å². The molecule has 1 N–H and O–H groups in total. The van der Waals surface area contributed by atoms with Crippen LogP contribution in [0.4, 0.5) is 13.2 Å². The number of fused-ring (bicyclic) bond motifs is 1. The molecule has 0 bridgehead atoms. The number of aromatic nitrogens is 4. The quantitative estimate of drug-likeness (QED) is 0.630. The smallest absolute Gasteiger partial charge is 0.451 e. The van der Waals surface area contributed by atoms with Crippen molar-refractivity contribution in [3.05, 3.63) is 58.4 Å². The van der Waals surface area contributed by atoms with E-state index in [0.717, 1.165) is 6.20 Å². The maximum absolute atomic E-state index is 12.8. The van der Waals surface area contributed by atoms with Crippen molar-refractivity contribution in [2.24, 2.45) is 0 Å². The predicted octanol–water partition coefficient (Wildman–Crippen LogP) is 1.58. The maximum atomic E-state index is 12.8. The van der Waals surface area contributed by atoms with Crippen LogP contribution >= 0.6 is 0 Å². The number of nitrogens with zero attached hydrogens (tertiary/aromatic N) is 4. The van der Waals surface area contributed by atoms with Gasteiger partial charge < -0.3 is 14.4 Å². The van der Waals surface area contributed by atoms with Crippen molar-refractivity contribution < 1.29 is 27.4 Å². The number of alkyl halides is 3. The van der Waals surface area contributed by atoms with Gasteiger partial charge in [0.15, 0.2) is 0 Å². The van der Waals surface area contributed by atoms with Gasteiger partial charge in [-0.15, -0.1) is 0 Å². The van der Waals surface area contributed by atoms with Crippen LogP contribution in [0.3, 0.4) is 0 Å². The lowest BCUT2D eigenvalue weighted by molar-refractivity contribution is -0.145. The molecule has 1 aliphatic rings. The summed E-state index contributed by atoms with van der Waals surface area (Å²) in [6.07, 6.45) is -4.28. The van der Waals surface area contributed by atoms with Crippen molar-refractivity contribution in [3.63, 3.8) is 0 Å². The second-order valence-electron chi connectivity index (χ2n) is 7.08. The van der Waals surface area contributed by atoms with E-state index in [1.54, 1.807) is 29.2 Å². The number of ether oxygens (including phenoxy) is 2. The number of amides is 1. The highest BCUT2D eigenvalue weighted by Crippen LogP contribution is 2.26. The minimum absolute atomic E-state index is 0.0221. The molecule has 1 saturated heterocycles. The third-order valence-electron chi connectivity index (χ3n) is 4.89. The Balaban J connectivity index is 1.39. The summed E-state index contributed by atoms with van der Waals surface area (Å²) < 4.78 is 49.1. The van der Waals surface area contributed by atoms with Gasteiger partial charge in [0.05, 0.1) is 30.7 Å². The van der Waals surface area contributed by atoms with Crippen molar-refractivity contribution in [2.75, 3.05) is 26.3 Å². The topological polar surface area (TPSA) is 110 Å². The summed E-state index contributed by atoms with van der Waals surface area (Å²) >= 11 is 0. The zero-order chi connectivity index (χ0) is 22.7. The van der Waals surface area contributed by atoms with Gasteiger partial charge in [0, 0.05) is 24.2 Å². The minimum atomic E-state index is -4.68. The summed E-state index contributed by atoms with van der Waals surface area (Å²) in [5.41, 5.74) is 0.115. The third kappa shape index (κ3) is 4.85. The zero-order valence-electron chi connectivity index (χ0n) is 16.6. The Morgan fingerprint density at radius 3 is 2.81 bits per heavy atom. The number of aromatic amines is 1. The number of hydrogen-bond acceptors (Lipinski definition) is 7. The molecule has 0 saturated carbocycles. The fourth-order valence-electron chi connectivity index (χ4n) is 3.35. The van der Waals surface area contributed by atoms with E-state index in [1.165, 1.54) is 6.07 Å². The van der Waals surface area contributed by atoms with Gasteiger partial charge in [0.25, 0.3) is 5.56 Å². The first-order valence-corrected chi connectivity index (χ1v) is 9.70. The SMILES string of the molecule is O=C(Cc1n[nH]c(=O)c2ccccc12)N1CCOC(COc2ccnc(C(F)(F)F)n2)C1. The molecule has 3 heterocycles. The first kappa shape index (κ1) is 21.7. The average Bonchev–Trinajstić information content (AvgIpc) is 2.79. The van der Waals surface area contributed by atoms with Crippen LogP contribution in [0, 0.1) is 0 Å². The Morgan fingerprint density at radius 2 is 2.03 bits per heavy atom. The number of hydrogen-bond donors (Lipinski definition) is 1. The monoisotopic (exact) mass is 449 g/mol. The van der Waals surface area contributed by atoms with Gasteiger partial charge in [-0.05, 0) is 6.07 Å². The van der Waals surface area contributed by atoms with E-state index in [0.29, 0.717) is 23.0 Å². The van der Waals surface area contributed by atoms with Gasteiger partial charge in [-0.3, -0.25) is 9.59 Å². The standard InChI is InChI=1S/C20H18F3N5O4/c21-20(22,23)19-24-6-5-16(25-19)32-11-12-10-28(7-8-31-12)17(29)9-15-13-3-1-2-4-14(13)18(30)27-26-15/h1-6,12H,7-11H2,(H,27,30). The van der Waals surface area contributed by atoms with Crippen LogP contribution in [0.5, 0.6) is 5.88 Å². The summed E-state index contributed by atoms with van der Waals surface area (Å²) in [6.45, 7) is 0.703. The van der Waals surface area contributed by atoms with Gasteiger partial charge >= 0.3 is 6.18 Å². The highest BCUT2D eigenvalue weighted by molar-refractivity contribution is 5.88. The molecule has 2 aromatic heterocycles. The Kier molecular flexibility index (Phi) is 6.04. The first-order chi connectivity index (χ1) is 15.3. The molecule has 4 rings (SSSR count).